The summed E-state index contributed by atoms with van der Waals surface area (Å²) in [6, 6.07) is 14.8. The van der Waals surface area contributed by atoms with Crippen LogP contribution < -0.4 is 10.2 Å². The Morgan fingerprint density at radius 2 is 1.81 bits per heavy atom. The molecule has 0 aliphatic carbocycles. The lowest BCUT2D eigenvalue weighted by molar-refractivity contribution is 0.566. The molecule has 0 radical (unpaired) electrons. The van der Waals surface area contributed by atoms with Gasteiger partial charge in [0.15, 0.2) is 5.11 Å². The fraction of sp³-hybridized carbons (Fsp3) is 0.273. The standard InChI is InChI=1S/C22H24N4S/c1-13-8-9-17(11-14(13)2)26-21(18-12-15(3)24-16(18)4)20(25-22(26)27)19-7-5-6-10-23-19/h5-12,20-21,24H,1-4H3,(H,25,27)/t20-,21+/m1/s1. The van der Waals surface area contributed by atoms with Gasteiger partial charge in [-0.05, 0) is 86.9 Å². The second kappa shape index (κ2) is 6.82. The van der Waals surface area contributed by atoms with Gasteiger partial charge in [-0.1, -0.05) is 12.1 Å². The van der Waals surface area contributed by atoms with Crippen LogP contribution in [0.1, 0.15) is 45.9 Å². The van der Waals surface area contributed by atoms with E-state index in [0.29, 0.717) is 0 Å². The van der Waals surface area contributed by atoms with Crippen molar-refractivity contribution in [3.63, 3.8) is 0 Å². The number of benzene rings is 1. The Hall–Kier alpha value is -2.66. The van der Waals surface area contributed by atoms with Crippen LogP contribution in [-0.2, 0) is 0 Å². The van der Waals surface area contributed by atoms with Crippen LogP contribution in [-0.4, -0.2) is 15.1 Å². The van der Waals surface area contributed by atoms with Gasteiger partial charge in [-0.3, -0.25) is 4.98 Å². The predicted octanol–water partition coefficient (Wildman–Crippen LogP) is 4.82. The molecule has 5 heteroatoms. The van der Waals surface area contributed by atoms with Crippen molar-refractivity contribution in [2.75, 3.05) is 4.90 Å². The predicted molar refractivity (Wildman–Crippen MR) is 114 cm³/mol. The quantitative estimate of drug-likeness (QED) is 0.643. The lowest BCUT2D eigenvalue weighted by atomic mass is 9.96. The third kappa shape index (κ3) is 3.12. The number of nitrogens with one attached hydrogen (secondary N) is 2. The number of hydrogen-bond donors (Lipinski definition) is 2. The van der Waals surface area contributed by atoms with Crippen LogP contribution >= 0.6 is 12.2 Å². The summed E-state index contributed by atoms with van der Waals surface area (Å²) in [7, 11) is 0. The van der Waals surface area contributed by atoms with E-state index in [1.165, 1.54) is 22.4 Å². The van der Waals surface area contributed by atoms with E-state index < -0.39 is 0 Å². The summed E-state index contributed by atoms with van der Waals surface area (Å²) in [4.78, 5) is 10.3. The van der Waals surface area contributed by atoms with Crippen molar-refractivity contribution in [2.45, 2.75) is 39.8 Å². The molecule has 0 saturated carbocycles. The molecular formula is C22H24N4S. The summed E-state index contributed by atoms with van der Waals surface area (Å²) in [5.41, 5.74) is 8.21. The first kappa shape index (κ1) is 17.7. The van der Waals surface area contributed by atoms with E-state index in [0.717, 1.165) is 22.2 Å². The average Bonchev–Trinajstić information content (AvgIpc) is 3.16. The third-order valence-corrected chi connectivity index (χ3v) is 5.69. The monoisotopic (exact) mass is 376 g/mol. The number of aryl methyl sites for hydroxylation is 4. The molecule has 27 heavy (non-hydrogen) atoms. The van der Waals surface area contributed by atoms with Crippen molar-refractivity contribution in [2.24, 2.45) is 0 Å². The van der Waals surface area contributed by atoms with E-state index in [1.807, 2.05) is 18.3 Å². The zero-order valence-electron chi connectivity index (χ0n) is 16.1. The van der Waals surface area contributed by atoms with Crippen LogP contribution in [0.5, 0.6) is 0 Å². The van der Waals surface area contributed by atoms with E-state index >= 15 is 0 Å². The second-order valence-electron chi connectivity index (χ2n) is 7.30. The van der Waals surface area contributed by atoms with Gasteiger partial charge in [0.25, 0.3) is 0 Å². The van der Waals surface area contributed by atoms with Crippen LogP contribution in [0.25, 0.3) is 0 Å². The van der Waals surface area contributed by atoms with Gasteiger partial charge >= 0.3 is 0 Å². The van der Waals surface area contributed by atoms with E-state index in [1.54, 1.807) is 0 Å². The molecule has 0 spiro atoms. The van der Waals surface area contributed by atoms with Crippen molar-refractivity contribution in [1.29, 1.82) is 0 Å². The molecular weight excluding hydrogens is 352 g/mol. The highest BCUT2D eigenvalue weighted by Gasteiger charge is 2.41. The van der Waals surface area contributed by atoms with Gasteiger partial charge in [0.05, 0.1) is 17.8 Å². The van der Waals surface area contributed by atoms with Crippen molar-refractivity contribution in [3.05, 3.63) is 82.4 Å². The van der Waals surface area contributed by atoms with Crippen molar-refractivity contribution < 1.29 is 0 Å². The minimum Gasteiger partial charge on any atom is -0.362 e. The topological polar surface area (TPSA) is 44.0 Å². The first-order valence-corrected chi connectivity index (χ1v) is 9.60. The smallest absolute Gasteiger partial charge is 0.174 e. The highest BCUT2D eigenvalue weighted by Crippen LogP contribution is 2.42. The number of rotatable bonds is 3. The number of pyridine rings is 1. The Bertz CT molecular complexity index is 993. The summed E-state index contributed by atoms with van der Waals surface area (Å²) >= 11 is 5.78. The highest BCUT2D eigenvalue weighted by atomic mass is 32.1. The molecule has 3 aromatic rings. The number of thiocarbonyl (C=S) groups is 1. The summed E-state index contributed by atoms with van der Waals surface area (Å²) in [6.07, 6.45) is 1.84. The molecule has 1 aliphatic heterocycles. The van der Waals surface area contributed by atoms with Crippen LogP contribution in [0.15, 0.2) is 48.7 Å². The Balaban J connectivity index is 1.87. The maximum atomic E-state index is 5.78. The second-order valence-corrected chi connectivity index (χ2v) is 7.68. The molecule has 2 aromatic heterocycles. The molecule has 0 unspecified atom stereocenters. The molecule has 1 aliphatic rings. The number of H-pyrrole nitrogens is 1. The number of hydrogen-bond acceptors (Lipinski definition) is 2. The molecule has 1 aromatic carbocycles. The van der Waals surface area contributed by atoms with Gasteiger partial charge < -0.3 is 15.2 Å². The molecule has 3 heterocycles. The molecule has 1 saturated heterocycles. The Morgan fingerprint density at radius 3 is 2.44 bits per heavy atom. The van der Waals surface area contributed by atoms with E-state index in [4.69, 9.17) is 12.2 Å². The molecule has 0 amide bonds. The number of nitrogens with zero attached hydrogens (tertiary/aromatic N) is 2. The normalized spacial score (nSPS) is 19.4. The third-order valence-electron chi connectivity index (χ3n) is 5.38. The average molecular weight is 377 g/mol. The van der Waals surface area contributed by atoms with Gasteiger partial charge in [0.2, 0.25) is 0 Å². The van der Waals surface area contributed by atoms with Gasteiger partial charge in [-0.15, -0.1) is 0 Å². The molecule has 4 rings (SSSR count). The van der Waals surface area contributed by atoms with Crippen LogP contribution in [0.2, 0.25) is 0 Å². The zero-order valence-corrected chi connectivity index (χ0v) is 16.9. The molecule has 0 bridgehead atoms. The van der Waals surface area contributed by atoms with Gasteiger partial charge in [-0.2, -0.15) is 0 Å². The number of aromatic amines is 1. The van der Waals surface area contributed by atoms with Gasteiger partial charge in [-0.25, -0.2) is 0 Å². The highest BCUT2D eigenvalue weighted by molar-refractivity contribution is 7.80. The number of aromatic nitrogens is 2. The zero-order chi connectivity index (χ0) is 19.1. The fourth-order valence-corrected chi connectivity index (χ4v) is 4.22. The van der Waals surface area contributed by atoms with E-state index in [-0.39, 0.29) is 12.1 Å². The fourth-order valence-electron chi connectivity index (χ4n) is 3.88. The van der Waals surface area contributed by atoms with Crippen molar-refractivity contribution >= 4 is 23.0 Å². The minimum atomic E-state index is -0.00536. The summed E-state index contributed by atoms with van der Waals surface area (Å²) in [5, 5.41) is 4.25. The Kier molecular flexibility index (Phi) is 4.48. The molecule has 138 valence electrons. The Labute approximate surface area is 165 Å². The van der Waals surface area contributed by atoms with Gasteiger partial charge in [0.1, 0.15) is 0 Å². The summed E-state index contributed by atoms with van der Waals surface area (Å²) < 4.78 is 0. The maximum absolute atomic E-state index is 5.78. The van der Waals surface area contributed by atoms with E-state index in [9.17, 15) is 0 Å². The van der Waals surface area contributed by atoms with Crippen molar-refractivity contribution in [1.82, 2.24) is 15.3 Å². The maximum Gasteiger partial charge on any atom is 0.174 e. The first-order valence-electron chi connectivity index (χ1n) is 9.19. The minimum absolute atomic E-state index is 0.00536. The molecule has 4 nitrogen and oxygen atoms in total. The van der Waals surface area contributed by atoms with Gasteiger partial charge in [0, 0.05) is 23.3 Å². The van der Waals surface area contributed by atoms with E-state index in [2.05, 4.69) is 78.2 Å². The van der Waals surface area contributed by atoms with Crippen molar-refractivity contribution in [3.8, 4) is 0 Å². The van der Waals surface area contributed by atoms with Crippen LogP contribution in [0.4, 0.5) is 5.69 Å². The molecule has 2 atom stereocenters. The first-order chi connectivity index (χ1) is 13.0. The summed E-state index contributed by atoms with van der Waals surface area (Å²) in [6.45, 7) is 8.49. The molecule has 2 N–H and O–H groups in total. The van der Waals surface area contributed by atoms with Crippen LogP contribution in [0.3, 0.4) is 0 Å². The molecule has 1 fully saturated rings. The summed E-state index contributed by atoms with van der Waals surface area (Å²) in [5.74, 6) is 0. The lowest BCUT2D eigenvalue weighted by Gasteiger charge is -2.28. The largest absolute Gasteiger partial charge is 0.362 e. The lowest BCUT2D eigenvalue weighted by Crippen LogP contribution is -2.29. The Morgan fingerprint density at radius 1 is 1.00 bits per heavy atom. The SMILES string of the molecule is Cc1cc([C@H]2[C@@H](c3ccccn3)NC(=S)N2c2ccc(C)c(C)c2)c(C)[nH]1. The van der Waals surface area contributed by atoms with Crippen LogP contribution in [0, 0.1) is 27.7 Å². The number of anilines is 1.